The Morgan fingerprint density at radius 3 is 2.70 bits per heavy atom. The number of benzene rings is 2. The summed E-state index contributed by atoms with van der Waals surface area (Å²) < 4.78 is 52.3. The Balaban J connectivity index is 1.26. The molecule has 1 aliphatic carbocycles. The quantitative estimate of drug-likeness (QED) is 0.269. The molecule has 228 valence electrons. The van der Waals surface area contributed by atoms with Crippen molar-refractivity contribution in [2.24, 2.45) is 17.8 Å². The van der Waals surface area contributed by atoms with Gasteiger partial charge in [0.2, 0.25) is 0 Å². The molecular formula is C31H29ClF3N7OS. The van der Waals surface area contributed by atoms with E-state index in [1.165, 1.54) is 12.1 Å². The number of piperidine rings is 1. The average Bonchev–Trinajstić information content (AvgIpc) is 3.72. The van der Waals surface area contributed by atoms with Crippen molar-refractivity contribution >= 4 is 55.0 Å². The molecule has 44 heavy (non-hydrogen) atoms. The molecule has 3 saturated heterocycles. The Morgan fingerprint density at radius 1 is 1.14 bits per heavy atom. The molecule has 4 fully saturated rings. The van der Waals surface area contributed by atoms with Crippen molar-refractivity contribution in [1.29, 1.82) is 5.26 Å². The van der Waals surface area contributed by atoms with Crippen LogP contribution in [0.5, 0.6) is 6.01 Å². The SMILES string of the molecule is N#CC1[C@@H]2CC[C@H]1CN(c1nc(OC[C@@]34CCCN3C[C@H](F)C4)nc3c(F)c(-c4ccc(F)c5sc(N)nc45)c(Cl)cc13)C2. The van der Waals surface area contributed by atoms with E-state index < -0.39 is 23.3 Å². The molecule has 13 heteroatoms. The number of alkyl halides is 1. The summed E-state index contributed by atoms with van der Waals surface area (Å²) in [6, 6.07) is 6.81. The molecule has 2 bridgehead atoms. The van der Waals surface area contributed by atoms with Crippen LogP contribution < -0.4 is 15.4 Å². The molecule has 1 unspecified atom stereocenters. The van der Waals surface area contributed by atoms with Crippen LogP contribution in [-0.2, 0) is 0 Å². The first-order valence-electron chi connectivity index (χ1n) is 15.0. The number of nitrogen functional groups attached to an aromatic ring is 1. The molecule has 4 aromatic rings. The number of nitrogens with two attached hydrogens (primary N) is 1. The van der Waals surface area contributed by atoms with Gasteiger partial charge in [-0.1, -0.05) is 22.9 Å². The van der Waals surface area contributed by atoms with Gasteiger partial charge in [0, 0.05) is 42.6 Å². The third kappa shape index (κ3) is 4.30. The highest BCUT2D eigenvalue weighted by Crippen LogP contribution is 2.47. The molecule has 2 aromatic carbocycles. The zero-order valence-electron chi connectivity index (χ0n) is 23.7. The van der Waals surface area contributed by atoms with Gasteiger partial charge in [-0.2, -0.15) is 15.2 Å². The number of halogens is 4. The van der Waals surface area contributed by atoms with Crippen molar-refractivity contribution in [1.82, 2.24) is 19.9 Å². The van der Waals surface area contributed by atoms with Gasteiger partial charge >= 0.3 is 6.01 Å². The topological polar surface area (TPSA) is 104 Å². The lowest BCUT2D eigenvalue weighted by Gasteiger charge is -2.36. The molecule has 2 N–H and O–H groups in total. The molecule has 0 spiro atoms. The van der Waals surface area contributed by atoms with Gasteiger partial charge in [-0.25, -0.2) is 18.2 Å². The normalized spacial score (nSPS) is 28.2. The second-order valence-corrected chi connectivity index (χ2v) is 14.1. The molecular weight excluding hydrogens is 611 g/mol. The fourth-order valence-corrected chi connectivity index (χ4v) is 9.22. The monoisotopic (exact) mass is 639 g/mol. The van der Waals surface area contributed by atoms with E-state index in [9.17, 15) is 14.0 Å². The Bertz CT molecular complexity index is 1850. The summed E-state index contributed by atoms with van der Waals surface area (Å²) in [6.45, 7) is 2.58. The molecule has 0 radical (unpaired) electrons. The Labute approximate surface area is 260 Å². The minimum Gasteiger partial charge on any atom is -0.461 e. The van der Waals surface area contributed by atoms with Gasteiger partial charge < -0.3 is 15.4 Å². The van der Waals surface area contributed by atoms with Crippen LogP contribution in [0.1, 0.15) is 32.1 Å². The lowest BCUT2D eigenvalue weighted by Crippen LogP contribution is -2.44. The third-order valence-electron chi connectivity index (χ3n) is 10.1. The maximum absolute atomic E-state index is 16.8. The standard InChI is InChI=1S/C31H29ClF3N7OS/c32-21-8-19-25(24(35)23(21)18-4-5-22(34)27-26(18)38-29(37)44-27)39-30(43-14-31-6-1-7-42(31)13-17(33)9-31)40-28(19)41-11-15-2-3-16(12-41)20(15)10-36/h4-5,8,15-17,20H,1-3,6-7,9,11-14H2,(H2,37,38)/t15-,16+,17-,20?,31+/m1/s1. The molecule has 0 amide bonds. The highest BCUT2D eigenvalue weighted by molar-refractivity contribution is 7.22. The van der Waals surface area contributed by atoms with Crippen LogP contribution in [0.15, 0.2) is 18.2 Å². The lowest BCUT2D eigenvalue weighted by molar-refractivity contribution is 0.107. The molecule has 5 heterocycles. The largest absolute Gasteiger partial charge is 0.461 e. The van der Waals surface area contributed by atoms with Crippen molar-refractivity contribution in [3.63, 3.8) is 0 Å². The third-order valence-corrected chi connectivity index (χ3v) is 11.3. The molecule has 2 aromatic heterocycles. The number of nitriles is 1. The van der Waals surface area contributed by atoms with Crippen molar-refractivity contribution in [2.75, 3.05) is 43.4 Å². The molecule has 5 atom stereocenters. The van der Waals surface area contributed by atoms with Crippen molar-refractivity contribution in [2.45, 2.75) is 43.8 Å². The number of fused-ring (bicyclic) bond motifs is 5. The van der Waals surface area contributed by atoms with Gasteiger partial charge in [-0.05, 0) is 62.3 Å². The zero-order valence-corrected chi connectivity index (χ0v) is 25.3. The summed E-state index contributed by atoms with van der Waals surface area (Å²) in [5.41, 5.74) is 6.02. The Morgan fingerprint density at radius 2 is 1.93 bits per heavy atom. The minimum atomic E-state index is -0.918. The predicted octanol–water partition coefficient (Wildman–Crippen LogP) is 6.36. The molecule has 1 saturated carbocycles. The first-order chi connectivity index (χ1) is 21.2. The van der Waals surface area contributed by atoms with Gasteiger partial charge in [-0.3, -0.25) is 4.90 Å². The number of hydrogen-bond acceptors (Lipinski definition) is 9. The summed E-state index contributed by atoms with van der Waals surface area (Å²) in [7, 11) is 0. The zero-order chi connectivity index (χ0) is 30.3. The fourth-order valence-electron chi connectivity index (χ4n) is 8.16. The summed E-state index contributed by atoms with van der Waals surface area (Å²) in [4.78, 5) is 17.9. The van der Waals surface area contributed by atoms with Crippen molar-refractivity contribution < 1.29 is 17.9 Å². The molecule has 4 aliphatic rings. The molecule has 3 aliphatic heterocycles. The number of thiazole rings is 1. The highest BCUT2D eigenvalue weighted by atomic mass is 35.5. The number of nitrogens with zero attached hydrogens (tertiary/aromatic N) is 6. The number of anilines is 2. The smallest absolute Gasteiger partial charge is 0.319 e. The van der Waals surface area contributed by atoms with E-state index in [0.29, 0.717) is 42.8 Å². The average molecular weight is 640 g/mol. The van der Waals surface area contributed by atoms with E-state index in [2.05, 4.69) is 25.8 Å². The van der Waals surface area contributed by atoms with E-state index >= 15 is 4.39 Å². The van der Waals surface area contributed by atoms with Crippen LogP contribution in [0.3, 0.4) is 0 Å². The minimum absolute atomic E-state index is 0.000107. The van der Waals surface area contributed by atoms with E-state index in [0.717, 1.165) is 43.6 Å². The number of hydrogen-bond donors (Lipinski definition) is 1. The lowest BCUT2D eigenvalue weighted by atomic mass is 9.86. The highest BCUT2D eigenvalue weighted by Gasteiger charge is 2.49. The van der Waals surface area contributed by atoms with Gasteiger partial charge in [0.25, 0.3) is 0 Å². The van der Waals surface area contributed by atoms with Crippen LogP contribution >= 0.6 is 22.9 Å². The first kappa shape index (κ1) is 28.1. The Hall–Kier alpha value is -3.40. The van der Waals surface area contributed by atoms with Gasteiger partial charge in [0.1, 0.15) is 29.9 Å². The van der Waals surface area contributed by atoms with Crippen molar-refractivity contribution in [3.8, 4) is 23.2 Å². The van der Waals surface area contributed by atoms with Gasteiger partial charge in [0.05, 0.1) is 32.8 Å². The second-order valence-electron chi connectivity index (χ2n) is 12.6. The summed E-state index contributed by atoms with van der Waals surface area (Å²) in [6.07, 6.45) is 3.13. The van der Waals surface area contributed by atoms with E-state index in [1.54, 1.807) is 6.07 Å². The van der Waals surface area contributed by atoms with Crippen LogP contribution in [0, 0.1) is 40.7 Å². The maximum atomic E-state index is 16.8. The number of rotatable bonds is 5. The molecule has 8 rings (SSSR count). The van der Waals surface area contributed by atoms with Crippen LogP contribution in [0.4, 0.5) is 24.1 Å². The number of ether oxygens (including phenoxy) is 1. The van der Waals surface area contributed by atoms with Gasteiger partial charge in [0.15, 0.2) is 10.9 Å². The van der Waals surface area contributed by atoms with Crippen LogP contribution in [0.2, 0.25) is 5.02 Å². The fraction of sp³-hybridized carbons (Fsp3) is 0.484. The molecule has 8 nitrogen and oxygen atoms in total. The summed E-state index contributed by atoms with van der Waals surface area (Å²) >= 11 is 7.78. The van der Waals surface area contributed by atoms with Crippen LogP contribution in [-0.4, -0.2) is 64.3 Å². The summed E-state index contributed by atoms with van der Waals surface area (Å²) in [5.74, 6) is -0.378. The van der Waals surface area contributed by atoms with E-state index in [4.69, 9.17) is 27.1 Å². The van der Waals surface area contributed by atoms with E-state index in [-0.39, 0.29) is 61.8 Å². The van der Waals surface area contributed by atoms with Gasteiger partial charge in [-0.15, -0.1) is 0 Å². The predicted molar refractivity (Wildman–Crippen MR) is 164 cm³/mol. The summed E-state index contributed by atoms with van der Waals surface area (Å²) in [5, 5.41) is 10.4. The Kier molecular flexibility index (Phi) is 6.59. The second kappa shape index (κ2) is 10.3. The van der Waals surface area contributed by atoms with Crippen molar-refractivity contribution in [3.05, 3.63) is 34.9 Å². The maximum Gasteiger partial charge on any atom is 0.319 e. The number of aromatic nitrogens is 3. The van der Waals surface area contributed by atoms with Crippen LogP contribution in [0.25, 0.3) is 32.2 Å². The first-order valence-corrected chi connectivity index (χ1v) is 16.2. The van der Waals surface area contributed by atoms with E-state index in [1.807, 2.05) is 0 Å².